The Hall–Kier alpha value is -2.67. The number of hydrogen-bond acceptors (Lipinski definition) is 5. The van der Waals surface area contributed by atoms with Gasteiger partial charge in [0.1, 0.15) is 17.3 Å². The molecule has 7 heteroatoms. The van der Waals surface area contributed by atoms with Gasteiger partial charge >= 0.3 is 0 Å². The number of hydrogen-bond donors (Lipinski definition) is 2. The van der Waals surface area contributed by atoms with Gasteiger partial charge in [-0.2, -0.15) is 0 Å². The summed E-state index contributed by atoms with van der Waals surface area (Å²) in [6.45, 7) is 3.53. The zero-order chi connectivity index (χ0) is 19.8. The Morgan fingerprint density at radius 1 is 1.18 bits per heavy atom. The van der Waals surface area contributed by atoms with E-state index >= 15 is 0 Å². The Morgan fingerprint density at radius 3 is 2.64 bits per heavy atom. The number of furan rings is 1. The highest BCUT2D eigenvalue weighted by atomic mass is 16.5. The zero-order valence-electron chi connectivity index (χ0n) is 16.9. The van der Waals surface area contributed by atoms with Crippen molar-refractivity contribution in [3.8, 4) is 11.5 Å². The van der Waals surface area contributed by atoms with Crippen molar-refractivity contribution in [1.82, 2.24) is 15.5 Å². The van der Waals surface area contributed by atoms with E-state index in [1.165, 1.54) is 12.8 Å². The van der Waals surface area contributed by atoms with Gasteiger partial charge in [-0.1, -0.05) is 0 Å². The lowest BCUT2D eigenvalue weighted by atomic mass is 10.2. The second kappa shape index (κ2) is 10.0. The van der Waals surface area contributed by atoms with Gasteiger partial charge in [0.25, 0.3) is 0 Å². The number of rotatable bonds is 8. The standard InChI is InChI=1S/C21H30N4O3/c1-22-21(23-14-16-8-9-17(26-2)13-20(16)27-3)24-15-18(19-7-6-12-28-19)25-10-4-5-11-25/h6-9,12-13,18H,4-5,10-11,14-15H2,1-3H3,(H2,22,23,24). The van der Waals surface area contributed by atoms with Crippen molar-refractivity contribution in [1.29, 1.82) is 0 Å². The van der Waals surface area contributed by atoms with Gasteiger partial charge in [-0.05, 0) is 50.2 Å². The first-order valence-corrected chi connectivity index (χ1v) is 9.68. The second-order valence-corrected chi connectivity index (χ2v) is 6.76. The summed E-state index contributed by atoms with van der Waals surface area (Å²) >= 11 is 0. The van der Waals surface area contributed by atoms with Crippen LogP contribution in [0.15, 0.2) is 46.0 Å². The van der Waals surface area contributed by atoms with Crippen LogP contribution < -0.4 is 20.1 Å². The first kappa shape index (κ1) is 20.1. The summed E-state index contributed by atoms with van der Waals surface area (Å²) in [5.41, 5.74) is 1.04. The Bertz CT molecular complexity index is 755. The van der Waals surface area contributed by atoms with Crippen LogP contribution in [0.25, 0.3) is 0 Å². The summed E-state index contributed by atoms with van der Waals surface area (Å²) in [7, 11) is 5.09. The normalized spacial score (nSPS) is 16.0. The number of nitrogens with one attached hydrogen (secondary N) is 2. The number of aliphatic imine (C=N–C) groups is 1. The fourth-order valence-corrected chi connectivity index (χ4v) is 3.53. The highest BCUT2D eigenvalue weighted by Crippen LogP contribution is 2.25. The molecule has 0 aliphatic carbocycles. The van der Waals surface area contributed by atoms with E-state index in [0.717, 1.165) is 48.4 Å². The summed E-state index contributed by atoms with van der Waals surface area (Å²) in [6.07, 6.45) is 4.21. The predicted molar refractivity (Wildman–Crippen MR) is 110 cm³/mol. The number of guanidine groups is 1. The van der Waals surface area contributed by atoms with Crippen molar-refractivity contribution in [3.05, 3.63) is 47.9 Å². The number of ether oxygens (including phenoxy) is 2. The molecule has 0 spiro atoms. The van der Waals surface area contributed by atoms with Crippen molar-refractivity contribution in [2.24, 2.45) is 4.99 Å². The molecule has 2 heterocycles. The molecule has 0 saturated carbocycles. The van der Waals surface area contributed by atoms with Crippen LogP contribution in [0.4, 0.5) is 0 Å². The summed E-state index contributed by atoms with van der Waals surface area (Å²) in [5, 5.41) is 6.79. The summed E-state index contributed by atoms with van der Waals surface area (Å²) in [5.74, 6) is 3.29. The van der Waals surface area contributed by atoms with E-state index in [0.29, 0.717) is 6.54 Å². The fourth-order valence-electron chi connectivity index (χ4n) is 3.53. The molecule has 152 valence electrons. The molecule has 1 aromatic heterocycles. The van der Waals surface area contributed by atoms with E-state index in [2.05, 4.69) is 20.5 Å². The topological polar surface area (TPSA) is 71.3 Å². The maximum atomic E-state index is 5.69. The van der Waals surface area contributed by atoms with E-state index in [4.69, 9.17) is 13.9 Å². The largest absolute Gasteiger partial charge is 0.497 e. The molecule has 1 aromatic carbocycles. The minimum Gasteiger partial charge on any atom is -0.497 e. The third-order valence-corrected chi connectivity index (χ3v) is 5.08. The van der Waals surface area contributed by atoms with Gasteiger partial charge in [0.05, 0.1) is 26.5 Å². The molecule has 1 aliphatic rings. The summed E-state index contributed by atoms with van der Waals surface area (Å²) in [4.78, 5) is 6.82. The molecule has 1 saturated heterocycles. The molecule has 2 aromatic rings. The number of likely N-dealkylation sites (tertiary alicyclic amines) is 1. The van der Waals surface area contributed by atoms with E-state index in [9.17, 15) is 0 Å². The van der Waals surface area contributed by atoms with Gasteiger partial charge in [-0.25, -0.2) is 0 Å². The van der Waals surface area contributed by atoms with E-state index in [1.54, 1.807) is 27.5 Å². The molecule has 7 nitrogen and oxygen atoms in total. The maximum absolute atomic E-state index is 5.69. The van der Waals surface area contributed by atoms with Crippen LogP contribution in [0.3, 0.4) is 0 Å². The fraction of sp³-hybridized carbons (Fsp3) is 0.476. The third kappa shape index (κ3) is 4.98. The van der Waals surface area contributed by atoms with Crippen molar-refractivity contribution in [3.63, 3.8) is 0 Å². The Labute approximate surface area is 166 Å². The summed E-state index contributed by atoms with van der Waals surface area (Å²) in [6, 6.07) is 9.99. The van der Waals surface area contributed by atoms with E-state index < -0.39 is 0 Å². The van der Waals surface area contributed by atoms with Gasteiger partial charge in [0, 0.05) is 31.8 Å². The molecule has 0 bridgehead atoms. The minimum atomic E-state index is 0.201. The van der Waals surface area contributed by atoms with Crippen molar-refractivity contribution in [2.75, 3.05) is 40.9 Å². The lowest BCUT2D eigenvalue weighted by Gasteiger charge is -2.26. The monoisotopic (exact) mass is 386 g/mol. The molecule has 1 aliphatic heterocycles. The van der Waals surface area contributed by atoms with Gasteiger partial charge in [-0.15, -0.1) is 0 Å². The van der Waals surface area contributed by atoms with Crippen molar-refractivity contribution < 1.29 is 13.9 Å². The third-order valence-electron chi connectivity index (χ3n) is 5.08. The smallest absolute Gasteiger partial charge is 0.191 e. The molecular weight excluding hydrogens is 356 g/mol. The summed E-state index contributed by atoms with van der Waals surface area (Å²) < 4.78 is 16.4. The lowest BCUT2D eigenvalue weighted by molar-refractivity contribution is 0.215. The Balaban J connectivity index is 1.59. The molecule has 0 radical (unpaired) electrons. The lowest BCUT2D eigenvalue weighted by Crippen LogP contribution is -2.42. The van der Waals surface area contributed by atoms with Crippen molar-refractivity contribution in [2.45, 2.75) is 25.4 Å². The van der Waals surface area contributed by atoms with Gasteiger partial charge < -0.3 is 24.5 Å². The molecule has 28 heavy (non-hydrogen) atoms. The number of methoxy groups -OCH3 is 2. The minimum absolute atomic E-state index is 0.201. The van der Waals surface area contributed by atoms with Crippen LogP contribution in [0, 0.1) is 0 Å². The van der Waals surface area contributed by atoms with Crippen LogP contribution >= 0.6 is 0 Å². The zero-order valence-corrected chi connectivity index (χ0v) is 16.9. The van der Waals surface area contributed by atoms with Crippen LogP contribution in [-0.2, 0) is 6.54 Å². The first-order chi connectivity index (χ1) is 13.7. The molecule has 1 fully saturated rings. The van der Waals surface area contributed by atoms with Crippen LogP contribution in [-0.4, -0.2) is 51.8 Å². The van der Waals surface area contributed by atoms with Crippen LogP contribution in [0.5, 0.6) is 11.5 Å². The first-order valence-electron chi connectivity index (χ1n) is 9.68. The Morgan fingerprint density at radius 2 is 2.00 bits per heavy atom. The number of nitrogens with zero attached hydrogens (tertiary/aromatic N) is 2. The predicted octanol–water partition coefficient (Wildman–Crippen LogP) is 2.80. The van der Waals surface area contributed by atoms with Crippen molar-refractivity contribution >= 4 is 5.96 Å². The highest BCUT2D eigenvalue weighted by Gasteiger charge is 2.25. The molecule has 0 amide bonds. The van der Waals surface area contributed by atoms with Crippen LogP contribution in [0.1, 0.15) is 30.2 Å². The van der Waals surface area contributed by atoms with Crippen LogP contribution in [0.2, 0.25) is 0 Å². The Kier molecular flexibility index (Phi) is 7.19. The average Bonchev–Trinajstić information content (AvgIpc) is 3.45. The molecule has 1 atom stereocenters. The second-order valence-electron chi connectivity index (χ2n) is 6.76. The SMILES string of the molecule is CN=C(NCc1ccc(OC)cc1OC)NCC(c1ccco1)N1CCCC1. The van der Waals surface area contributed by atoms with E-state index in [1.807, 2.05) is 30.3 Å². The molecule has 2 N–H and O–H groups in total. The van der Waals surface area contributed by atoms with E-state index in [-0.39, 0.29) is 6.04 Å². The highest BCUT2D eigenvalue weighted by molar-refractivity contribution is 5.79. The average molecular weight is 386 g/mol. The number of benzene rings is 1. The maximum Gasteiger partial charge on any atom is 0.191 e. The van der Waals surface area contributed by atoms with Gasteiger partial charge in [-0.3, -0.25) is 9.89 Å². The molecule has 1 unspecified atom stereocenters. The molecule has 3 rings (SSSR count). The molecular formula is C21H30N4O3. The van der Waals surface area contributed by atoms with Gasteiger partial charge in [0.2, 0.25) is 0 Å². The quantitative estimate of drug-likeness (QED) is 0.537. The van der Waals surface area contributed by atoms with Gasteiger partial charge in [0.15, 0.2) is 5.96 Å².